The molecule has 2 nitrogen and oxygen atoms in total. The van der Waals surface area contributed by atoms with Gasteiger partial charge >= 0.3 is 0 Å². The zero-order valence-electron chi connectivity index (χ0n) is 10.1. The zero-order valence-corrected chi connectivity index (χ0v) is 10.1. The lowest BCUT2D eigenvalue weighted by atomic mass is 9.76. The van der Waals surface area contributed by atoms with Gasteiger partial charge in [-0.1, -0.05) is 26.7 Å². The quantitative estimate of drug-likeness (QED) is 0.753. The number of aliphatic hydroxyl groups is 1. The molecule has 0 aliphatic carbocycles. The standard InChI is InChI=1S/C12H25NO/c1-5-6-7-12(14)8-11(3)13(4)9-10(12)2/h10-11,14H,5-9H2,1-4H3/t10-,11-,12+/m0/s1. The highest BCUT2D eigenvalue weighted by atomic mass is 16.3. The fourth-order valence-corrected chi connectivity index (χ4v) is 2.48. The van der Waals surface area contributed by atoms with Crippen molar-refractivity contribution >= 4 is 0 Å². The van der Waals surface area contributed by atoms with Crippen LogP contribution in [0.5, 0.6) is 0 Å². The Bertz CT molecular complexity index is 183. The lowest BCUT2D eigenvalue weighted by molar-refractivity contribution is -0.0848. The van der Waals surface area contributed by atoms with Crippen LogP contribution in [-0.4, -0.2) is 35.2 Å². The summed E-state index contributed by atoms with van der Waals surface area (Å²) in [5.41, 5.74) is -0.401. The Kier molecular flexibility index (Phi) is 3.96. The second-order valence-corrected chi connectivity index (χ2v) is 5.10. The predicted octanol–water partition coefficient (Wildman–Crippen LogP) is 2.27. The van der Waals surface area contributed by atoms with Crippen molar-refractivity contribution in [2.75, 3.05) is 13.6 Å². The molecule has 0 spiro atoms. The van der Waals surface area contributed by atoms with Crippen LogP contribution in [-0.2, 0) is 0 Å². The molecule has 1 saturated heterocycles. The highest BCUT2D eigenvalue weighted by Crippen LogP contribution is 2.34. The first-order chi connectivity index (χ1) is 6.49. The third kappa shape index (κ3) is 2.48. The van der Waals surface area contributed by atoms with Gasteiger partial charge in [0.15, 0.2) is 0 Å². The second-order valence-electron chi connectivity index (χ2n) is 5.10. The van der Waals surface area contributed by atoms with Gasteiger partial charge in [0.05, 0.1) is 5.60 Å². The van der Waals surface area contributed by atoms with Crippen molar-refractivity contribution < 1.29 is 5.11 Å². The van der Waals surface area contributed by atoms with Gasteiger partial charge in [-0.05, 0) is 32.7 Å². The van der Waals surface area contributed by atoms with E-state index in [0.717, 1.165) is 25.8 Å². The Morgan fingerprint density at radius 1 is 1.43 bits per heavy atom. The molecule has 84 valence electrons. The van der Waals surface area contributed by atoms with Crippen molar-refractivity contribution in [3.8, 4) is 0 Å². The van der Waals surface area contributed by atoms with Crippen LogP contribution in [0.15, 0.2) is 0 Å². The van der Waals surface area contributed by atoms with Gasteiger partial charge < -0.3 is 10.0 Å². The Morgan fingerprint density at radius 2 is 2.07 bits per heavy atom. The molecule has 1 rings (SSSR count). The summed E-state index contributed by atoms with van der Waals surface area (Å²) in [6.45, 7) is 7.61. The first-order valence-electron chi connectivity index (χ1n) is 5.92. The summed E-state index contributed by atoms with van der Waals surface area (Å²) in [5, 5.41) is 10.5. The van der Waals surface area contributed by atoms with Crippen molar-refractivity contribution in [1.29, 1.82) is 0 Å². The molecule has 0 aromatic heterocycles. The smallest absolute Gasteiger partial charge is 0.0700 e. The van der Waals surface area contributed by atoms with Crippen molar-refractivity contribution in [2.24, 2.45) is 5.92 Å². The van der Waals surface area contributed by atoms with Gasteiger partial charge in [-0.25, -0.2) is 0 Å². The van der Waals surface area contributed by atoms with E-state index in [1.807, 2.05) is 0 Å². The average molecular weight is 199 g/mol. The number of nitrogens with zero attached hydrogens (tertiary/aromatic N) is 1. The molecule has 0 bridgehead atoms. The highest BCUT2D eigenvalue weighted by molar-refractivity contribution is 4.93. The number of rotatable bonds is 3. The maximum atomic E-state index is 10.5. The van der Waals surface area contributed by atoms with E-state index in [9.17, 15) is 5.11 Å². The largest absolute Gasteiger partial charge is 0.390 e. The third-order valence-corrected chi connectivity index (χ3v) is 3.84. The molecule has 0 unspecified atom stereocenters. The normalized spacial score (nSPS) is 40.1. The monoisotopic (exact) mass is 199 g/mol. The lowest BCUT2D eigenvalue weighted by Gasteiger charge is -2.46. The van der Waals surface area contributed by atoms with E-state index in [2.05, 4.69) is 32.7 Å². The molecule has 14 heavy (non-hydrogen) atoms. The van der Waals surface area contributed by atoms with Crippen LogP contribution in [0.25, 0.3) is 0 Å². The topological polar surface area (TPSA) is 23.5 Å². The first-order valence-corrected chi connectivity index (χ1v) is 5.92. The van der Waals surface area contributed by atoms with E-state index < -0.39 is 5.60 Å². The molecule has 1 aliphatic rings. The molecule has 0 amide bonds. The summed E-state index contributed by atoms with van der Waals surface area (Å²) < 4.78 is 0. The van der Waals surface area contributed by atoms with Gasteiger partial charge in [-0.15, -0.1) is 0 Å². The molecular formula is C12H25NO. The van der Waals surface area contributed by atoms with E-state index in [4.69, 9.17) is 0 Å². The van der Waals surface area contributed by atoms with E-state index in [1.54, 1.807) is 0 Å². The van der Waals surface area contributed by atoms with Crippen molar-refractivity contribution in [3.63, 3.8) is 0 Å². The molecule has 0 aromatic rings. The van der Waals surface area contributed by atoms with Crippen molar-refractivity contribution in [2.45, 2.75) is 58.1 Å². The average Bonchev–Trinajstić information content (AvgIpc) is 2.12. The Hall–Kier alpha value is -0.0800. The van der Waals surface area contributed by atoms with Crippen molar-refractivity contribution in [3.05, 3.63) is 0 Å². The fourth-order valence-electron chi connectivity index (χ4n) is 2.48. The number of hydrogen-bond donors (Lipinski definition) is 1. The lowest BCUT2D eigenvalue weighted by Crippen LogP contribution is -2.53. The van der Waals surface area contributed by atoms with E-state index in [0.29, 0.717) is 12.0 Å². The van der Waals surface area contributed by atoms with Crippen LogP contribution in [0, 0.1) is 5.92 Å². The Morgan fingerprint density at radius 3 is 2.64 bits per heavy atom. The molecule has 0 saturated carbocycles. The summed E-state index contributed by atoms with van der Waals surface area (Å²) >= 11 is 0. The van der Waals surface area contributed by atoms with Crippen LogP contribution in [0.1, 0.15) is 46.5 Å². The minimum absolute atomic E-state index is 0.401. The second kappa shape index (κ2) is 4.63. The summed E-state index contributed by atoms with van der Waals surface area (Å²) in [7, 11) is 2.15. The number of likely N-dealkylation sites (tertiary alicyclic amines) is 1. The number of piperidine rings is 1. The van der Waals surface area contributed by atoms with E-state index in [1.165, 1.54) is 6.42 Å². The Balaban J connectivity index is 2.58. The Labute approximate surface area is 88.3 Å². The molecule has 0 radical (unpaired) electrons. The molecule has 1 heterocycles. The molecule has 1 fully saturated rings. The van der Waals surface area contributed by atoms with Crippen LogP contribution in [0.2, 0.25) is 0 Å². The van der Waals surface area contributed by atoms with Gasteiger partial charge in [-0.2, -0.15) is 0 Å². The molecule has 3 atom stereocenters. The number of unbranched alkanes of at least 4 members (excludes halogenated alkanes) is 1. The van der Waals surface area contributed by atoms with E-state index in [-0.39, 0.29) is 0 Å². The maximum Gasteiger partial charge on any atom is 0.0700 e. The number of hydrogen-bond acceptors (Lipinski definition) is 2. The highest BCUT2D eigenvalue weighted by Gasteiger charge is 2.40. The minimum Gasteiger partial charge on any atom is -0.390 e. The van der Waals surface area contributed by atoms with Gasteiger partial charge in [-0.3, -0.25) is 0 Å². The molecule has 1 N–H and O–H groups in total. The van der Waals surface area contributed by atoms with Gasteiger partial charge in [0.25, 0.3) is 0 Å². The van der Waals surface area contributed by atoms with Crippen molar-refractivity contribution in [1.82, 2.24) is 4.90 Å². The summed E-state index contributed by atoms with van der Waals surface area (Å²) in [6.07, 6.45) is 4.24. The third-order valence-electron chi connectivity index (χ3n) is 3.84. The fraction of sp³-hybridized carbons (Fsp3) is 1.00. The van der Waals surface area contributed by atoms with E-state index >= 15 is 0 Å². The predicted molar refractivity (Wildman–Crippen MR) is 60.3 cm³/mol. The minimum atomic E-state index is -0.401. The summed E-state index contributed by atoms with van der Waals surface area (Å²) in [4.78, 5) is 2.35. The first kappa shape index (κ1) is 12.0. The van der Waals surface area contributed by atoms with Gasteiger partial charge in [0.2, 0.25) is 0 Å². The SMILES string of the molecule is CCCC[C@@]1(O)C[C@H](C)N(C)C[C@@H]1C. The maximum absolute atomic E-state index is 10.5. The van der Waals surface area contributed by atoms with Crippen LogP contribution in [0.3, 0.4) is 0 Å². The molecular weight excluding hydrogens is 174 g/mol. The van der Waals surface area contributed by atoms with Crippen LogP contribution in [0.4, 0.5) is 0 Å². The van der Waals surface area contributed by atoms with Gasteiger partial charge in [0, 0.05) is 12.6 Å². The van der Waals surface area contributed by atoms with Gasteiger partial charge in [0.1, 0.15) is 0 Å². The molecule has 2 heteroatoms. The van der Waals surface area contributed by atoms with Crippen LogP contribution < -0.4 is 0 Å². The molecule has 1 aliphatic heterocycles. The molecule has 0 aromatic carbocycles. The van der Waals surface area contributed by atoms with Crippen LogP contribution >= 0.6 is 0 Å². The summed E-state index contributed by atoms with van der Waals surface area (Å²) in [6, 6.07) is 0.521. The summed E-state index contributed by atoms with van der Waals surface area (Å²) in [5.74, 6) is 0.412. The zero-order chi connectivity index (χ0) is 10.8.